The number of rotatable bonds is 10. The second kappa shape index (κ2) is 9.14. The smallest absolute Gasteiger partial charge is 0.264 e. The molecular weight excluding hydrogens is 468 g/mol. The molecule has 0 amide bonds. The third-order valence-corrected chi connectivity index (χ3v) is 5.97. The van der Waals surface area contributed by atoms with Crippen molar-refractivity contribution in [3.05, 3.63) is 29.8 Å². The molecule has 13 heteroatoms. The van der Waals surface area contributed by atoms with Gasteiger partial charge >= 0.3 is 0 Å². The average Bonchev–Trinajstić information content (AvgIpc) is 3.11. The van der Waals surface area contributed by atoms with Gasteiger partial charge in [0.1, 0.15) is 36.8 Å². The molecule has 2 heterocycles. The zero-order valence-corrected chi connectivity index (χ0v) is 20.1. The third-order valence-electron chi connectivity index (χ3n) is 4.88. The molecule has 182 valence electrons. The van der Waals surface area contributed by atoms with Gasteiger partial charge in [-0.1, -0.05) is 12.1 Å². The number of methoxy groups -OCH3 is 1. The maximum Gasteiger partial charge on any atom is 0.264 e. The second-order valence-electron chi connectivity index (χ2n) is 8.16. The lowest BCUT2D eigenvalue weighted by Gasteiger charge is -2.35. The molecule has 0 aliphatic carbocycles. The molecule has 0 saturated carbocycles. The molecule has 0 bridgehead atoms. The summed E-state index contributed by atoms with van der Waals surface area (Å²) in [7, 11) is -6.21. The maximum absolute atomic E-state index is 11.7. The fraction of sp³-hybridized carbons (Fsp3) is 0.684. The van der Waals surface area contributed by atoms with E-state index in [4.69, 9.17) is 32.1 Å². The van der Waals surface area contributed by atoms with Gasteiger partial charge in [-0.05, 0) is 31.5 Å². The van der Waals surface area contributed by atoms with E-state index in [2.05, 4.69) is 0 Å². The number of hydrogen-bond acceptors (Lipinski definition) is 11. The summed E-state index contributed by atoms with van der Waals surface area (Å²) in [4.78, 5) is 0. The first-order valence-corrected chi connectivity index (χ1v) is 13.3. The Kier molecular flexibility index (Phi) is 7.23. The molecule has 3 rings (SSSR count). The zero-order valence-electron chi connectivity index (χ0n) is 18.5. The number of fused-ring (bicyclic) bond motifs is 1. The Morgan fingerprint density at radius 3 is 1.97 bits per heavy atom. The van der Waals surface area contributed by atoms with Crippen LogP contribution in [0.1, 0.15) is 19.4 Å². The Bertz CT molecular complexity index is 966. The SMILES string of the molecule is COc1ccc(COC2C3OC(C)(C)OC3OC2(COS(C)(=O)=O)COS(C)(=O)=O)cc1. The monoisotopic (exact) mass is 496 g/mol. The minimum absolute atomic E-state index is 0.0878. The van der Waals surface area contributed by atoms with Crippen molar-refractivity contribution < 1.29 is 48.9 Å². The Morgan fingerprint density at radius 1 is 0.906 bits per heavy atom. The molecule has 2 aliphatic heterocycles. The highest BCUT2D eigenvalue weighted by atomic mass is 32.2. The van der Waals surface area contributed by atoms with Crippen LogP contribution in [0.3, 0.4) is 0 Å². The highest BCUT2D eigenvalue weighted by molar-refractivity contribution is 7.86. The predicted molar refractivity (Wildman–Crippen MR) is 111 cm³/mol. The molecule has 0 aromatic heterocycles. The quantitative estimate of drug-likeness (QED) is 0.426. The van der Waals surface area contributed by atoms with Crippen LogP contribution >= 0.6 is 0 Å². The minimum Gasteiger partial charge on any atom is -0.497 e. The number of ether oxygens (including phenoxy) is 5. The average molecular weight is 497 g/mol. The molecule has 32 heavy (non-hydrogen) atoms. The van der Waals surface area contributed by atoms with Crippen LogP contribution < -0.4 is 4.74 Å². The van der Waals surface area contributed by atoms with Gasteiger partial charge < -0.3 is 23.7 Å². The Labute approximate surface area is 188 Å². The van der Waals surface area contributed by atoms with Gasteiger partial charge in [0, 0.05) is 0 Å². The molecule has 1 aromatic rings. The predicted octanol–water partition coefficient (Wildman–Crippen LogP) is 0.779. The number of benzene rings is 1. The van der Waals surface area contributed by atoms with Crippen LogP contribution in [0.2, 0.25) is 0 Å². The highest BCUT2D eigenvalue weighted by Crippen LogP contribution is 2.44. The van der Waals surface area contributed by atoms with Crippen LogP contribution in [0.4, 0.5) is 0 Å². The molecule has 3 unspecified atom stereocenters. The van der Waals surface area contributed by atoms with E-state index in [-0.39, 0.29) is 6.61 Å². The van der Waals surface area contributed by atoms with Gasteiger partial charge in [0.15, 0.2) is 12.1 Å². The van der Waals surface area contributed by atoms with E-state index >= 15 is 0 Å². The molecule has 11 nitrogen and oxygen atoms in total. The van der Waals surface area contributed by atoms with Gasteiger partial charge in [-0.25, -0.2) is 0 Å². The molecule has 3 atom stereocenters. The van der Waals surface area contributed by atoms with Crippen molar-refractivity contribution in [2.24, 2.45) is 0 Å². The highest BCUT2D eigenvalue weighted by Gasteiger charge is 2.63. The van der Waals surface area contributed by atoms with E-state index in [1.807, 2.05) is 0 Å². The van der Waals surface area contributed by atoms with Crippen LogP contribution in [0.15, 0.2) is 24.3 Å². The van der Waals surface area contributed by atoms with Crippen molar-refractivity contribution in [2.75, 3.05) is 32.8 Å². The lowest BCUT2D eigenvalue weighted by Crippen LogP contribution is -2.53. The van der Waals surface area contributed by atoms with Crippen LogP contribution in [-0.4, -0.2) is 79.6 Å². The Balaban J connectivity index is 1.89. The van der Waals surface area contributed by atoms with E-state index in [9.17, 15) is 16.8 Å². The summed E-state index contributed by atoms with van der Waals surface area (Å²) >= 11 is 0. The van der Waals surface area contributed by atoms with Crippen molar-refractivity contribution >= 4 is 20.2 Å². The molecule has 0 spiro atoms. The van der Waals surface area contributed by atoms with Gasteiger partial charge in [0.2, 0.25) is 0 Å². The Morgan fingerprint density at radius 2 is 1.47 bits per heavy atom. The van der Waals surface area contributed by atoms with E-state index in [1.165, 1.54) is 0 Å². The van der Waals surface area contributed by atoms with Gasteiger partial charge in [-0.3, -0.25) is 8.37 Å². The van der Waals surface area contributed by atoms with Crippen LogP contribution in [0.25, 0.3) is 0 Å². The second-order valence-corrected chi connectivity index (χ2v) is 11.5. The zero-order chi connectivity index (χ0) is 23.8. The summed E-state index contributed by atoms with van der Waals surface area (Å²) in [6.45, 7) is 2.35. The first-order chi connectivity index (χ1) is 14.7. The van der Waals surface area contributed by atoms with Crippen LogP contribution in [-0.2, 0) is 54.2 Å². The van der Waals surface area contributed by atoms with Crippen LogP contribution in [0, 0.1) is 0 Å². The van der Waals surface area contributed by atoms with Crippen molar-refractivity contribution in [1.29, 1.82) is 0 Å². The lowest BCUT2D eigenvalue weighted by atomic mass is 9.97. The summed E-state index contributed by atoms with van der Waals surface area (Å²) in [6, 6.07) is 7.11. The van der Waals surface area contributed by atoms with E-state index < -0.39 is 63.3 Å². The van der Waals surface area contributed by atoms with Gasteiger partial charge in [-0.2, -0.15) is 16.8 Å². The standard InChI is InChI=1S/C19H28O11S2/c1-18(2)28-15-16(25-10-13-6-8-14(24-3)9-7-13)19(30-17(15)29-18,11-26-31(4,20)21)12-27-32(5,22)23/h6-9,15-17H,10-12H2,1-5H3. The van der Waals surface area contributed by atoms with E-state index in [0.29, 0.717) is 5.75 Å². The fourth-order valence-electron chi connectivity index (χ4n) is 3.49. The summed E-state index contributed by atoms with van der Waals surface area (Å²) in [5.41, 5.74) is -0.848. The normalized spacial score (nSPS) is 26.7. The molecule has 0 N–H and O–H groups in total. The lowest BCUT2D eigenvalue weighted by molar-refractivity contribution is -0.254. The van der Waals surface area contributed by atoms with Gasteiger partial charge in [-0.15, -0.1) is 0 Å². The minimum atomic E-state index is -3.88. The van der Waals surface area contributed by atoms with Crippen molar-refractivity contribution in [3.8, 4) is 5.75 Å². The van der Waals surface area contributed by atoms with Crippen molar-refractivity contribution in [2.45, 2.75) is 50.3 Å². The summed E-state index contributed by atoms with van der Waals surface area (Å²) in [5, 5.41) is 0. The fourth-order valence-corrected chi connectivity index (χ4v) is 4.32. The summed E-state index contributed by atoms with van der Waals surface area (Å²) < 4.78 is 85.5. The number of hydrogen-bond donors (Lipinski definition) is 0. The molecule has 1 aromatic carbocycles. The van der Waals surface area contributed by atoms with Gasteiger partial charge in [0.05, 0.1) is 26.2 Å². The van der Waals surface area contributed by atoms with Crippen molar-refractivity contribution in [1.82, 2.24) is 0 Å². The molecule has 2 saturated heterocycles. The third kappa shape index (κ3) is 6.38. The maximum atomic E-state index is 11.7. The molecule has 2 fully saturated rings. The molecule has 0 radical (unpaired) electrons. The Hall–Kier alpha value is -1.32. The topological polar surface area (TPSA) is 133 Å². The summed E-state index contributed by atoms with van der Waals surface area (Å²) in [5.74, 6) is -0.316. The molecule has 2 aliphatic rings. The van der Waals surface area contributed by atoms with E-state index in [1.54, 1.807) is 45.2 Å². The van der Waals surface area contributed by atoms with Crippen LogP contribution in [0.5, 0.6) is 5.75 Å². The van der Waals surface area contributed by atoms with E-state index in [0.717, 1.165) is 18.1 Å². The first kappa shape index (κ1) is 25.3. The van der Waals surface area contributed by atoms with Crippen molar-refractivity contribution in [3.63, 3.8) is 0 Å². The largest absolute Gasteiger partial charge is 0.497 e. The first-order valence-electron chi connectivity index (χ1n) is 9.69. The van der Waals surface area contributed by atoms with Gasteiger partial charge in [0.25, 0.3) is 20.2 Å². The molecular formula is C19H28O11S2. The summed E-state index contributed by atoms with van der Waals surface area (Å²) in [6.07, 6.45) is -0.958.